The lowest BCUT2D eigenvalue weighted by atomic mass is 10.0. The summed E-state index contributed by atoms with van der Waals surface area (Å²) in [6.07, 6.45) is 9.45. The highest BCUT2D eigenvalue weighted by molar-refractivity contribution is 7.19. The highest BCUT2D eigenvalue weighted by atomic mass is 35.5. The van der Waals surface area contributed by atoms with E-state index in [-0.39, 0.29) is 5.91 Å². The first-order valence-corrected chi connectivity index (χ1v) is 14.1. The standard InChI is InChI=1S/C29H31ClN6O2S/c1-19(2)35(3)12-5-7-26(37)36-13-10-22-25(16-36)39-29-27(22)28(32-18-33-29)34-21-8-9-24(23(30)14-21)38-17-20-6-4-11-31-15-20/h4-9,11,14-15,18-19H,10,12-13,16-17H2,1-3H3,(H,32,33,34)/b7-5+. The van der Waals surface area contributed by atoms with Crippen LogP contribution in [0.1, 0.15) is 29.9 Å². The molecule has 0 unspecified atom stereocenters. The number of rotatable bonds is 9. The zero-order valence-corrected chi connectivity index (χ0v) is 23.8. The summed E-state index contributed by atoms with van der Waals surface area (Å²) in [5, 5.41) is 4.92. The monoisotopic (exact) mass is 562 g/mol. The van der Waals surface area contributed by atoms with Gasteiger partial charge in [-0.1, -0.05) is 23.7 Å². The van der Waals surface area contributed by atoms with Crippen LogP contribution in [0.5, 0.6) is 5.75 Å². The highest BCUT2D eigenvalue weighted by Gasteiger charge is 2.25. The fourth-order valence-corrected chi connectivity index (χ4v) is 5.76. The molecule has 1 N–H and O–H groups in total. The van der Waals surface area contributed by atoms with Crippen molar-refractivity contribution >= 4 is 50.6 Å². The van der Waals surface area contributed by atoms with E-state index in [9.17, 15) is 4.79 Å². The summed E-state index contributed by atoms with van der Waals surface area (Å²) in [4.78, 5) is 32.1. The average Bonchev–Trinajstić information content (AvgIpc) is 3.32. The van der Waals surface area contributed by atoms with Gasteiger partial charge < -0.3 is 19.9 Å². The van der Waals surface area contributed by atoms with Gasteiger partial charge in [0.25, 0.3) is 0 Å². The molecule has 1 aromatic carbocycles. The van der Waals surface area contributed by atoms with Crippen LogP contribution in [-0.4, -0.2) is 56.8 Å². The maximum atomic E-state index is 12.8. The molecule has 1 aliphatic rings. The number of anilines is 2. The third-order valence-electron chi connectivity index (χ3n) is 6.80. The fraction of sp³-hybridized carbons (Fsp3) is 0.310. The van der Waals surface area contributed by atoms with E-state index in [1.807, 2.05) is 41.3 Å². The first-order valence-electron chi connectivity index (χ1n) is 12.9. The number of pyridine rings is 1. The lowest BCUT2D eigenvalue weighted by Gasteiger charge is -2.26. The molecule has 202 valence electrons. The number of likely N-dealkylation sites (N-methyl/N-ethyl adjacent to an activating group) is 1. The maximum absolute atomic E-state index is 12.8. The first kappa shape index (κ1) is 27.1. The predicted molar refractivity (Wildman–Crippen MR) is 157 cm³/mol. The Bertz CT molecular complexity index is 1490. The Labute approximate surface area is 237 Å². The van der Waals surface area contributed by atoms with Gasteiger partial charge in [-0.2, -0.15) is 0 Å². The summed E-state index contributed by atoms with van der Waals surface area (Å²) in [6, 6.07) is 9.86. The number of hydrogen-bond donors (Lipinski definition) is 1. The van der Waals surface area contributed by atoms with Crippen LogP contribution in [-0.2, 0) is 24.4 Å². The maximum Gasteiger partial charge on any atom is 0.246 e. The van der Waals surface area contributed by atoms with Crippen LogP contribution >= 0.6 is 22.9 Å². The molecule has 0 saturated heterocycles. The van der Waals surface area contributed by atoms with Crippen molar-refractivity contribution in [2.45, 2.75) is 39.5 Å². The van der Waals surface area contributed by atoms with Gasteiger partial charge in [-0.25, -0.2) is 9.97 Å². The number of hydrogen-bond acceptors (Lipinski definition) is 8. The summed E-state index contributed by atoms with van der Waals surface area (Å²) in [7, 11) is 2.05. The largest absolute Gasteiger partial charge is 0.487 e. The molecule has 1 aliphatic heterocycles. The van der Waals surface area contributed by atoms with Crippen molar-refractivity contribution in [1.82, 2.24) is 24.8 Å². The van der Waals surface area contributed by atoms with Crippen LogP contribution in [0.25, 0.3) is 10.2 Å². The molecule has 0 atom stereocenters. The average molecular weight is 563 g/mol. The molecule has 0 bridgehead atoms. The molecule has 0 fully saturated rings. The van der Waals surface area contributed by atoms with Gasteiger partial charge in [0.15, 0.2) is 0 Å². The summed E-state index contributed by atoms with van der Waals surface area (Å²) in [5.74, 6) is 1.37. The van der Waals surface area contributed by atoms with Crippen molar-refractivity contribution < 1.29 is 9.53 Å². The van der Waals surface area contributed by atoms with Crippen molar-refractivity contribution in [2.75, 3.05) is 25.5 Å². The number of carbonyl (C=O) groups excluding carboxylic acids is 1. The van der Waals surface area contributed by atoms with Crippen LogP contribution in [0.4, 0.5) is 11.5 Å². The van der Waals surface area contributed by atoms with Crippen LogP contribution in [0.2, 0.25) is 5.02 Å². The normalized spacial score (nSPS) is 13.4. The van der Waals surface area contributed by atoms with Gasteiger partial charge in [-0.15, -0.1) is 11.3 Å². The Hall–Kier alpha value is -3.53. The van der Waals surface area contributed by atoms with E-state index in [0.717, 1.165) is 45.1 Å². The van der Waals surface area contributed by atoms with Crippen LogP contribution in [0.3, 0.4) is 0 Å². The Balaban J connectivity index is 1.29. The van der Waals surface area contributed by atoms with Gasteiger partial charge in [0.05, 0.1) is 17.0 Å². The second-order valence-electron chi connectivity index (χ2n) is 9.77. The topological polar surface area (TPSA) is 83.5 Å². The van der Waals surface area contributed by atoms with Gasteiger partial charge in [-0.3, -0.25) is 9.78 Å². The predicted octanol–water partition coefficient (Wildman–Crippen LogP) is 5.84. The zero-order chi connectivity index (χ0) is 27.4. The SMILES string of the molecule is CC(C)N(C)C/C=C/C(=O)N1CCc2c(sc3ncnc(Nc4ccc(OCc5cccnc5)c(Cl)c4)c23)C1. The number of ether oxygens (including phenoxy) is 1. The van der Waals surface area contributed by atoms with E-state index < -0.39 is 0 Å². The number of benzene rings is 1. The van der Waals surface area contributed by atoms with Gasteiger partial charge >= 0.3 is 0 Å². The third kappa shape index (κ3) is 6.38. The molecule has 8 nitrogen and oxygen atoms in total. The number of nitrogens with zero attached hydrogens (tertiary/aromatic N) is 5. The molecule has 4 aromatic rings. The number of carbonyl (C=O) groups is 1. The van der Waals surface area contributed by atoms with E-state index in [4.69, 9.17) is 16.3 Å². The number of nitrogens with one attached hydrogen (secondary N) is 1. The number of aromatic nitrogens is 3. The Morgan fingerprint density at radius 1 is 1.31 bits per heavy atom. The van der Waals surface area contributed by atoms with E-state index >= 15 is 0 Å². The van der Waals surface area contributed by atoms with Gasteiger partial charge in [-0.05, 0) is 57.1 Å². The fourth-order valence-electron chi connectivity index (χ4n) is 4.32. The molecule has 10 heteroatoms. The minimum absolute atomic E-state index is 0.0418. The lowest BCUT2D eigenvalue weighted by Crippen LogP contribution is -2.34. The molecule has 4 heterocycles. The van der Waals surface area contributed by atoms with Crippen molar-refractivity contribution in [3.8, 4) is 5.75 Å². The molecule has 0 radical (unpaired) electrons. The highest BCUT2D eigenvalue weighted by Crippen LogP contribution is 2.38. The van der Waals surface area contributed by atoms with Crippen LogP contribution < -0.4 is 10.1 Å². The summed E-state index contributed by atoms with van der Waals surface area (Å²) in [6.45, 7) is 6.64. The lowest BCUT2D eigenvalue weighted by molar-refractivity contribution is -0.126. The van der Waals surface area contributed by atoms with Crippen LogP contribution in [0.15, 0.2) is 61.2 Å². The van der Waals surface area contributed by atoms with Crippen molar-refractivity contribution in [2.24, 2.45) is 0 Å². The second-order valence-corrected chi connectivity index (χ2v) is 11.3. The minimum Gasteiger partial charge on any atom is -0.487 e. The van der Waals surface area contributed by atoms with E-state index in [1.54, 1.807) is 36.1 Å². The van der Waals surface area contributed by atoms with Gasteiger partial charge in [0.1, 0.15) is 29.3 Å². The molecule has 0 spiro atoms. The van der Waals surface area contributed by atoms with E-state index in [2.05, 4.69) is 46.1 Å². The molecular weight excluding hydrogens is 532 g/mol. The summed E-state index contributed by atoms with van der Waals surface area (Å²) in [5.41, 5.74) is 2.97. The first-order chi connectivity index (χ1) is 18.9. The number of halogens is 1. The molecule has 0 aliphatic carbocycles. The number of amides is 1. The van der Waals surface area contributed by atoms with Gasteiger partial charge in [0, 0.05) is 53.7 Å². The quantitative estimate of drug-likeness (QED) is 0.256. The molecule has 5 rings (SSSR count). The third-order valence-corrected chi connectivity index (χ3v) is 8.22. The molecule has 39 heavy (non-hydrogen) atoms. The molecular formula is C29H31ClN6O2S. The number of fused-ring (bicyclic) bond motifs is 3. The molecule has 3 aromatic heterocycles. The number of thiophene rings is 1. The molecule has 0 saturated carbocycles. The van der Waals surface area contributed by atoms with Gasteiger partial charge in [0.2, 0.25) is 5.91 Å². The summed E-state index contributed by atoms with van der Waals surface area (Å²) >= 11 is 8.15. The summed E-state index contributed by atoms with van der Waals surface area (Å²) < 4.78 is 5.87. The van der Waals surface area contributed by atoms with E-state index in [0.29, 0.717) is 36.5 Å². The Morgan fingerprint density at radius 3 is 2.95 bits per heavy atom. The minimum atomic E-state index is 0.0418. The van der Waals surface area contributed by atoms with Crippen molar-refractivity contribution in [3.63, 3.8) is 0 Å². The Kier molecular flexibility index (Phi) is 8.40. The Morgan fingerprint density at radius 2 is 2.18 bits per heavy atom. The van der Waals surface area contributed by atoms with Crippen LogP contribution in [0, 0.1) is 0 Å². The van der Waals surface area contributed by atoms with Crippen molar-refractivity contribution in [3.05, 3.63) is 82.2 Å². The molecule has 1 amide bonds. The van der Waals surface area contributed by atoms with E-state index in [1.165, 1.54) is 5.56 Å². The second kappa shape index (κ2) is 12.1. The smallest absolute Gasteiger partial charge is 0.246 e. The van der Waals surface area contributed by atoms with Crippen molar-refractivity contribution in [1.29, 1.82) is 0 Å². The zero-order valence-electron chi connectivity index (χ0n) is 22.2.